The molecule has 118 valence electrons. The Morgan fingerprint density at radius 1 is 1.00 bits per heavy atom. The molecule has 0 heteroatoms. The Balaban J connectivity index is 1.54. The lowest BCUT2D eigenvalue weighted by molar-refractivity contribution is -0.0492. The minimum absolute atomic E-state index is 0.691. The minimum atomic E-state index is 0.691. The number of fused-ring (bicyclic) bond motifs is 5. The molecule has 4 aliphatic rings. The zero-order chi connectivity index (χ0) is 14.4. The zero-order valence-electron chi connectivity index (χ0n) is 14.0. The van der Waals surface area contributed by atoms with Crippen molar-refractivity contribution in [1.29, 1.82) is 0 Å². The molecular formula is C21H34. The number of hydrogen-bond acceptors (Lipinski definition) is 0. The third kappa shape index (κ3) is 2.32. The molecule has 4 fully saturated rings. The summed E-state index contributed by atoms with van der Waals surface area (Å²) < 4.78 is 0. The molecule has 0 nitrogen and oxygen atoms in total. The molecular weight excluding hydrogens is 252 g/mol. The number of allylic oxidation sites excluding steroid dienone is 1. The summed E-state index contributed by atoms with van der Waals surface area (Å²) in [6.07, 6.45) is 18.9. The monoisotopic (exact) mass is 286 g/mol. The third-order valence-electron chi connectivity index (χ3n) is 8.24. The summed E-state index contributed by atoms with van der Waals surface area (Å²) in [5.74, 6) is 6.47. The van der Waals surface area contributed by atoms with E-state index in [2.05, 4.69) is 19.6 Å². The van der Waals surface area contributed by atoms with Gasteiger partial charge in [0.1, 0.15) is 0 Å². The lowest BCUT2D eigenvalue weighted by atomic mass is 9.51. The van der Waals surface area contributed by atoms with Crippen LogP contribution in [0.5, 0.6) is 0 Å². The maximum Gasteiger partial charge on any atom is -0.0292 e. The Morgan fingerprint density at radius 3 is 2.71 bits per heavy atom. The molecule has 0 saturated heterocycles. The standard InChI is InChI=1S/C21H34/c1-3-6-15-13-20-19-10-9-16-7-4-5-8-17(16)18(19)11-12-21(20,2)14-15/h3,15-20H,1,4-14H2,2H3/t15?,16?,17-,18+,19+,20-,21+/m0/s1. The second-order valence-electron chi connectivity index (χ2n) is 9.24. The topological polar surface area (TPSA) is 0 Å². The van der Waals surface area contributed by atoms with Gasteiger partial charge in [-0.15, -0.1) is 6.58 Å². The highest BCUT2D eigenvalue weighted by Crippen LogP contribution is 2.63. The normalized spacial score (nSPS) is 52.6. The molecule has 0 aromatic heterocycles. The first-order chi connectivity index (χ1) is 10.2. The van der Waals surface area contributed by atoms with Gasteiger partial charge in [0, 0.05) is 0 Å². The van der Waals surface area contributed by atoms with Gasteiger partial charge in [-0.1, -0.05) is 32.3 Å². The molecule has 0 aromatic carbocycles. The van der Waals surface area contributed by atoms with E-state index in [4.69, 9.17) is 0 Å². The first kappa shape index (κ1) is 14.3. The third-order valence-corrected chi connectivity index (χ3v) is 8.24. The van der Waals surface area contributed by atoms with E-state index in [1.54, 1.807) is 32.1 Å². The van der Waals surface area contributed by atoms with Crippen molar-refractivity contribution in [3.63, 3.8) is 0 Å². The molecule has 0 radical (unpaired) electrons. The molecule has 0 heterocycles. The minimum Gasteiger partial charge on any atom is -0.103 e. The van der Waals surface area contributed by atoms with Gasteiger partial charge in [-0.2, -0.15) is 0 Å². The summed E-state index contributed by atoms with van der Waals surface area (Å²) in [5.41, 5.74) is 0.691. The van der Waals surface area contributed by atoms with Crippen molar-refractivity contribution in [1.82, 2.24) is 0 Å². The second kappa shape index (κ2) is 5.43. The van der Waals surface area contributed by atoms with Crippen LogP contribution in [0.25, 0.3) is 0 Å². The maximum absolute atomic E-state index is 4.00. The largest absolute Gasteiger partial charge is 0.103 e. The molecule has 2 unspecified atom stereocenters. The second-order valence-corrected chi connectivity index (χ2v) is 9.24. The fraction of sp³-hybridized carbons (Fsp3) is 0.905. The van der Waals surface area contributed by atoms with Crippen LogP contribution in [0.15, 0.2) is 12.7 Å². The summed E-state index contributed by atoms with van der Waals surface area (Å²) in [6.45, 7) is 6.64. The summed E-state index contributed by atoms with van der Waals surface area (Å²) in [5, 5.41) is 0. The quantitative estimate of drug-likeness (QED) is 0.528. The molecule has 4 rings (SSSR count). The number of hydrogen-bond donors (Lipinski definition) is 0. The highest BCUT2D eigenvalue weighted by Gasteiger charge is 2.54. The van der Waals surface area contributed by atoms with E-state index < -0.39 is 0 Å². The average molecular weight is 287 g/mol. The fourth-order valence-corrected chi connectivity index (χ4v) is 7.45. The van der Waals surface area contributed by atoms with Crippen molar-refractivity contribution >= 4 is 0 Å². The van der Waals surface area contributed by atoms with Gasteiger partial charge in [0.2, 0.25) is 0 Å². The van der Waals surface area contributed by atoms with E-state index in [0.717, 1.165) is 35.5 Å². The van der Waals surface area contributed by atoms with E-state index in [9.17, 15) is 0 Å². The SMILES string of the molecule is C=CCC1C[C@H]2[C@@H]3CCC4CCCC[C@@H]4[C@H]3CC[C@]2(C)C1. The highest BCUT2D eigenvalue weighted by atomic mass is 14.6. The number of rotatable bonds is 2. The predicted molar refractivity (Wildman–Crippen MR) is 90.0 cm³/mol. The fourth-order valence-electron chi connectivity index (χ4n) is 7.45. The van der Waals surface area contributed by atoms with Crippen LogP contribution in [0.4, 0.5) is 0 Å². The van der Waals surface area contributed by atoms with Gasteiger partial charge in [-0.25, -0.2) is 0 Å². The Labute approximate surface area is 131 Å². The van der Waals surface area contributed by atoms with Crippen molar-refractivity contribution in [2.75, 3.05) is 0 Å². The first-order valence-corrected chi connectivity index (χ1v) is 9.82. The van der Waals surface area contributed by atoms with E-state index in [1.807, 2.05) is 0 Å². The zero-order valence-corrected chi connectivity index (χ0v) is 14.0. The highest BCUT2D eigenvalue weighted by molar-refractivity contribution is 5.05. The molecule has 0 amide bonds. The summed E-state index contributed by atoms with van der Waals surface area (Å²) in [6, 6.07) is 0. The Bertz CT molecular complexity index is 397. The van der Waals surface area contributed by atoms with Crippen molar-refractivity contribution in [2.45, 2.75) is 77.6 Å². The van der Waals surface area contributed by atoms with Crippen LogP contribution < -0.4 is 0 Å². The molecule has 0 N–H and O–H groups in total. The molecule has 7 atom stereocenters. The van der Waals surface area contributed by atoms with Crippen molar-refractivity contribution in [3.05, 3.63) is 12.7 Å². The molecule has 0 spiro atoms. The van der Waals surface area contributed by atoms with Gasteiger partial charge in [0.05, 0.1) is 0 Å². The molecule has 0 aliphatic heterocycles. The summed E-state index contributed by atoms with van der Waals surface area (Å²) >= 11 is 0. The van der Waals surface area contributed by atoms with Gasteiger partial charge in [0.25, 0.3) is 0 Å². The van der Waals surface area contributed by atoms with Crippen molar-refractivity contribution in [2.24, 2.45) is 40.9 Å². The van der Waals surface area contributed by atoms with Crippen LogP contribution in [0.1, 0.15) is 77.6 Å². The van der Waals surface area contributed by atoms with Crippen LogP contribution in [0.3, 0.4) is 0 Å². The van der Waals surface area contributed by atoms with Gasteiger partial charge < -0.3 is 0 Å². The van der Waals surface area contributed by atoms with Crippen LogP contribution in [0.2, 0.25) is 0 Å². The molecule has 4 saturated carbocycles. The lowest BCUT2D eigenvalue weighted by Crippen LogP contribution is -2.46. The van der Waals surface area contributed by atoms with Crippen LogP contribution in [-0.2, 0) is 0 Å². The van der Waals surface area contributed by atoms with E-state index in [0.29, 0.717) is 5.41 Å². The lowest BCUT2D eigenvalue weighted by Gasteiger charge is -2.54. The van der Waals surface area contributed by atoms with Crippen molar-refractivity contribution < 1.29 is 0 Å². The molecule has 4 aliphatic carbocycles. The Morgan fingerprint density at radius 2 is 1.86 bits per heavy atom. The Kier molecular flexibility index (Phi) is 3.71. The smallest absolute Gasteiger partial charge is 0.0292 e. The van der Waals surface area contributed by atoms with E-state index in [1.165, 1.54) is 38.5 Å². The van der Waals surface area contributed by atoms with Gasteiger partial charge >= 0.3 is 0 Å². The summed E-state index contributed by atoms with van der Waals surface area (Å²) in [4.78, 5) is 0. The van der Waals surface area contributed by atoms with E-state index in [-0.39, 0.29) is 0 Å². The van der Waals surface area contributed by atoms with Crippen LogP contribution >= 0.6 is 0 Å². The summed E-state index contributed by atoms with van der Waals surface area (Å²) in [7, 11) is 0. The van der Waals surface area contributed by atoms with Crippen molar-refractivity contribution in [3.8, 4) is 0 Å². The van der Waals surface area contributed by atoms with Gasteiger partial charge in [-0.3, -0.25) is 0 Å². The molecule has 21 heavy (non-hydrogen) atoms. The molecule has 0 bridgehead atoms. The van der Waals surface area contributed by atoms with Gasteiger partial charge in [-0.05, 0) is 92.3 Å². The van der Waals surface area contributed by atoms with Crippen LogP contribution in [0, 0.1) is 40.9 Å². The maximum atomic E-state index is 4.00. The molecule has 0 aromatic rings. The van der Waals surface area contributed by atoms with E-state index >= 15 is 0 Å². The van der Waals surface area contributed by atoms with Gasteiger partial charge in [0.15, 0.2) is 0 Å². The predicted octanol–water partition coefficient (Wildman–Crippen LogP) is 6.22. The van der Waals surface area contributed by atoms with Crippen LogP contribution in [-0.4, -0.2) is 0 Å². The first-order valence-electron chi connectivity index (χ1n) is 9.82. The Hall–Kier alpha value is -0.260. The average Bonchev–Trinajstić information content (AvgIpc) is 2.83.